The number of hydrogen-bond acceptors (Lipinski definition) is 3. The van der Waals surface area contributed by atoms with E-state index in [1.165, 1.54) is 11.1 Å². The van der Waals surface area contributed by atoms with Gasteiger partial charge in [0.05, 0.1) is 6.10 Å². The molecule has 0 heterocycles. The van der Waals surface area contributed by atoms with Gasteiger partial charge >= 0.3 is 0 Å². The van der Waals surface area contributed by atoms with Gasteiger partial charge in [0.1, 0.15) is 0 Å². The third-order valence-corrected chi connectivity index (χ3v) is 4.30. The van der Waals surface area contributed by atoms with E-state index in [1.807, 2.05) is 13.8 Å². The number of rotatable bonds is 5. The Morgan fingerprint density at radius 2 is 2.06 bits per heavy atom. The Morgan fingerprint density at radius 3 is 2.56 bits per heavy atom. The minimum absolute atomic E-state index is 0.203. The van der Waals surface area contributed by atoms with Crippen molar-refractivity contribution in [1.82, 2.24) is 0 Å². The standard InChI is InChI=1S/C13H21NOS/c1-9-5-4-6-12(7-9)13(8-14)16-11(3)10(2)15/h4-7,10-11,13,15H,8,14H2,1-3H3. The predicted molar refractivity (Wildman–Crippen MR) is 71.7 cm³/mol. The molecular formula is C13H21NOS. The summed E-state index contributed by atoms with van der Waals surface area (Å²) in [5.41, 5.74) is 8.30. The summed E-state index contributed by atoms with van der Waals surface area (Å²) in [6.45, 7) is 6.54. The van der Waals surface area contributed by atoms with E-state index in [9.17, 15) is 5.11 Å². The molecule has 0 saturated heterocycles. The van der Waals surface area contributed by atoms with Crippen LogP contribution in [0.4, 0.5) is 0 Å². The van der Waals surface area contributed by atoms with Gasteiger partial charge in [-0.15, -0.1) is 11.8 Å². The molecule has 2 nitrogen and oxygen atoms in total. The van der Waals surface area contributed by atoms with Crippen molar-refractivity contribution in [3.63, 3.8) is 0 Å². The fraction of sp³-hybridized carbons (Fsp3) is 0.538. The third kappa shape index (κ3) is 3.81. The number of aliphatic hydroxyl groups excluding tert-OH is 1. The van der Waals surface area contributed by atoms with Crippen molar-refractivity contribution in [3.05, 3.63) is 35.4 Å². The Labute approximate surface area is 102 Å². The molecular weight excluding hydrogens is 218 g/mol. The van der Waals surface area contributed by atoms with Gasteiger partial charge in [0.25, 0.3) is 0 Å². The van der Waals surface area contributed by atoms with Crippen LogP contribution in [0.5, 0.6) is 0 Å². The van der Waals surface area contributed by atoms with Crippen LogP contribution in [-0.2, 0) is 0 Å². The summed E-state index contributed by atoms with van der Waals surface area (Å²) in [6, 6.07) is 8.41. The minimum atomic E-state index is -0.302. The highest BCUT2D eigenvalue weighted by Gasteiger charge is 2.17. The molecule has 0 radical (unpaired) electrons. The molecule has 3 unspecified atom stereocenters. The second-order valence-electron chi connectivity index (χ2n) is 4.22. The lowest BCUT2D eigenvalue weighted by molar-refractivity contribution is 0.196. The predicted octanol–water partition coefficient (Wildman–Crippen LogP) is 2.50. The van der Waals surface area contributed by atoms with Gasteiger partial charge < -0.3 is 10.8 Å². The van der Waals surface area contributed by atoms with Crippen molar-refractivity contribution in [1.29, 1.82) is 0 Å². The zero-order valence-corrected chi connectivity index (χ0v) is 11.0. The van der Waals surface area contributed by atoms with Crippen LogP contribution in [0.2, 0.25) is 0 Å². The summed E-state index contributed by atoms with van der Waals surface area (Å²) in [6.07, 6.45) is -0.302. The van der Waals surface area contributed by atoms with Crippen LogP contribution in [0, 0.1) is 6.92 Å². The molecule has 16 heavy (non-hydrogen) atoms. The van der Waals surface area contributed by atoms with Crippen molar-refractivity contribution in [3.8, 4) is 0 Å². The number of aryl methyl sites for hydroxylation is 1. The molecule has 1 aromatic rings. The molecule has 90 valence electrons. The quantitative estimate of drug-likeness (QED) is 0.830. The molecule has 0 aliphatic rings. The number of hydrogen-bond donors (Lipinski definition) is 2. The van der Waals surface area contributed by atoms with Crippen LogP contribution in [-0.4, -0.2) is 23.0 Å². The van der Waals surface area contributed by atoms with Crippen LogP contribution in [0.3, 0.4) is 0 Å². The SMILES string of the molecule is Cc1cccc(C(CN)SC(C)C(C)O)c1. The summed E-state index contributed by atoms with van der Waals surface area (Å²) >= 11 is 1.74. The Bertz CT molecular complexity index is 327. The van der Waals surface area contributed by atoms with Gasteiger partial charge in [-0.2, -0.15) is 0 Å². The van der Waals surface area contributed by atoms with Crippen molar-refractivity contribution in [2.45, 2.75) is 37.4 Å². The maximum Gasteiger partial charge on any atom is 0.0628 e. The Kier molecular flexibility index (Phi) is 5.32. The molecule has 0 aromatic heterocycles. The Morgan fingerprint density at radius 1 is 1.38 bits per heavy atom. The first kappa shape index (κ1) is 13.6. The van der Waals surface area contributed by atoms with Gasteiger partial charge in [-0.05, 0) is 19.4 Å². The summed E-state index contributed by atoms with van der Waals surface area (Å²) in [4.78, 5) is 0. The lowest BCUT2D eigenvalue weighted by Gasteiger charge is -2.21. The van der Waals surface area contributed by atoms with E-state index in [4.69, 9.17) is 5.73 Å². The van der Waals surface area contributed by atoms with E-state index in [-0.39, 0.29) is 16.6 Å². The summed E-state index contributed by atoms with van der Waals surface area (Å²) in [5.74, 6) is 0. The van der Waals surface area contributed by atoms with Crippen molar-refractivity contribution < 1.29 is 5.11 Å². The highest BCUT2D eigenvalue weighted by molar-refractivity contribution is 8.00. The molecule has 1 aromatic carbocycles. The van der Waals surface area contributed by atoms with Crippen LogP contribution in [0.15, 0.2) is 24.3 Å². The highest BCUT2D eigenvalue weighted by Crippen LogP contribution is 2.32. The fourth-order valence-electron chi connectivity index (χ4n) is 1.51. The second kappa shape index (κ2) is 6.28. The van der Waals surface area contributed by atoms with Gasteiger partial charge in [0, 0.05) is 17.0 Å². The lowest BCUT2D eigenvalue weighted by atomic mass is 10.1. The smallest absolute Gasteiger partial charge is 0.0628 e. The number of nitrogens with two attached hydrogens (primary N) is 1. The molecule has 0 aliphatic carbocycles. The number of benzene rings is 1. The molecule has 0 fully saturated rings. The summed E-state index contributed by atoms with van der Waals surface area (Å²) in [5, 5.41) is 9.98. The van der Waals surface area contributed by atoms with E-state index >= 15 is 0 Å². The Balaban J connectivity index is 2.74. The van der Waals surface area contributed by atoms with Gasteiger partial charge in [0.15, 0.2) is 0 Å². The van der Waals surface area contributed by atoms with E-state index in [2.05, 4.69) is 31.2 Å². The van der Waals surface area contributed by atoms with Crippen LogP contribution < -0.4 is 5.73 Å². The summed E-state index contributed by atoms with van der Waals surface area (Å²) < 4.78 is 0. The van der Waals surface area contributed by atoms with E-state index in [1.54, 1.807) is 11.8 Å². The maximum absolute atomic E-state index is 9.51. The van der Waals surface area contributed by atoms with Crippen molar-refractivity contribution in [2.24, 2.45) is 5.73 Å². The highest BCUT2D eigenvalue weighted by atomic mass is 32.2. The minimum Gasteiger partial charge on any atom is -0.392 e. The first-order chi connectivity index (χ1) is 7.54. The van der Waals surface area contributed by atoms with E-state index in [0.29, 0.717) is 6.54 Å². The van der Waals surface area contributed by atoms with Crippen molar-refractivity contribution in [2.75, 3.05) is 6.54 Å². The molecule has 3 N–H and O–H groups in total. The second-order valence-corrected chi connectivity index (χ2v) is 5.81. The average Bonchev–Trinajstić information content (AvgIpc) is 2.25. The average molecular weight is 239 g/mol. The normalized spacial score (nSPS) is 16.8. The Hall–Kier alpha value is -0.510. The molecule has 1 rings (SSSR count). The lowest BCUT2D eigenvalue weighted by Crippen LogP contribution is -2.20. The third-order valence-electron chi connectivity index (χ3n) is 2.69. The molecule has 0 aliphatic heterocycles. The van der Waals surface area contributed by atoms with Crippen LogP contribution in [0.1, 0.15) is 30.2 Å². The topological polar surface area (TPSA) is 46.2 Å². The van der Waals surface area contributed by atoms with Crippen molar-refractivity contribution >= 4 is 11.8 Å². The van der Waals surface area contributed by atoms with Gasteiger partial charge in [0.2, 0.25) is 0 Å². The molecule has 3 atom stereocenters. The monoisotopic (exact) mass is 239 g/mol. The molecule has 0 spiro atoms. The summed E-state index contributed by atoms with van der Waals surface area (Å²) in [7, 11) is 0. The van der Waals surface area contributed by atoms with Crippen LogP contribution >= 0.6 is 11.8 Å². The zero-order chi connectivity index (χ0) is 12.1. The van der Waals surface area contributed by atoms with Gasteiger partial charge in [-0.1, -0.05) is 36.8 Å². The largest absolute Gasteiger partial charge is 0.392 e. The number of aliphatic hydroxyl groups is 1. The molecule has 0 amide bonds. The number of thioether (sulfide) groups is 1. The maximum atomic E-state index is 9.51. The molecule has 3 heteroatoms. The zero-order valence-electron chi connectivity index (χ0n) is 10.2. The first-order valence-corrected chi connectivity index (χ1v) is 6.59. The fourth-order valence-corrected chi connectivity index (χ4v) is 2.67. The molecule has 0 bridgehead atoms. The van der Waals surface area contributed by atoms with Crippen LogP contribution in [0.25, 0.3) is 0 Å². The van der Waals surface area contributed by atoms with E-state index in [0.717, 1.165) is 0 Å². The van der Waals surface area contributed by atoms with Gasteiger partial charge in [-0.25, -0.2) is 0 Å². The molecule has 0 saturated carbocycles. The van der Waals surface area contributed by atoms with E-state index < -0.39 is 0 Å². The first-order valence-electron chi connectivity index (χ1n) is 5.64. The van der Waals surface area contributed by atoms with Gasteiger partial charge in [-0.3, -0.25) is 0 Å².